The van der Waals surface area contributed by atoms with Crippen LogP contribution in [-0.4, -0.2) is 6.04 Å². The lowest BCUT2D eigenvalue weighted by molar-refractivity contribution is 0.461. The maximum Gasteiger partial charge on any atom is 0.133 e. The van der Waals surface area contributed by atoms with Crippen LogP contribution in [-0.2, 0) is 6.42 Å². The molecule has 21 heavy (non-hydrogen) atoms. The minimum absolute atomic E-state index is 0. The molecule has 0 aliphatic heterocycles. The lowest BCUT2D eigenvalue weighted by Gasteiger charge is -2.15. The van der Waals surface area contributed by atoms with E-state index < -0.39 is 0 Å². The van der Waals surface area contributed by atoms with Gasteiger partial charge in [-0.2, -0.15) is 0 Å². The third-order valence-electron chi connectivity index (χ3n) is 3.11. The van der Waals surface area contributed by atoms with Gasteiger partial charge in [-0.05, 0) is 49.2 Å². The zero-order chi connectivity index (χ0) is 14.5. The van der Waals surface area contributed by atoms with Crippen LogP contribution >= 0.6 is 24.0 Å². The summed E-state index contributed by atoms with van der Waals surface area (Å²) in [4.78, 5) is 0. The Hall–Kier alpha value is -1.29. The quantitative estimate of drug-likeness (QED) is 0.840. The molecule has 0 spiro atoms. The van der Waals surface area contributed by atoms with Crippen molar-refractivity contribution >= 4 is 24.0 Å². The summed E-state index contributed by atoms with van der Waals surface area (Å²) in [6, 6.07) is 11.7. The van der Waals surface area contributed by atoms with Crippen LogP contribution in [0.5, 0.6) is 11.5 Å². The second-order valence-corrected chi connectivity index (χ2v) is 5.08. The monoisotopic (exact) mass is 329 g/mol. The topological polar surface area (TPSA) is 35.2 Å². The van der Waals surface area contributed by atoms with Crippen LogP contribution in [0, 0.1) is 5.82 Å². The second-order valence-electron chi connectivity index (χ2n) is 4.64. The molecule has 0 fully saturated rings. The maximum absolute atomic E-state index is 14.0. The van der Waals surface area contributed by atoms with E-state index in [9.17, 15) is 4.39 Å². The third kappa shape index (κ3) is 4.88. The van der Waals surface area contributed by atoms with Crippen molar-refractivity contribution in [1.29, 1.82) is 0 Å². The molecule has 0 saturated heterocycles. The lowest BCUT2D eigenvalue weighted by Crippen LogP contribution is -2.22. The average Bonchev–Trinajstić information content (AvgIpc) is 2.45. The predicted octanol–water partition coefficient (Wildman–Crippen LogP) is 4.97. The molecule has 0 radical (unpaired) electrons. The number of nitrogens with two attached hydrogens (primary N) is 1. The Bertz CT molecular complexity index is 575. The van der Waals surface area contributed by atoms with Gasteiger partial charge in [0.2, 0.25) is 0 Å². The first kappa shape index (κ1) is 17.8. The van der Waals surface area contributed by atoms with Crippen LogP contribution in [0.15, 0.2) is 42.5 Å². The highest BCUT2D eigenvalue weighted by Gasteiger charge is 2.13. The average molecular weight is 330 g/mol. The Kier molecular flexibility index (Phi) is 6.96. The van der Waals surface area contributed by atoms with Crippen molar-refractivity contribution in [2.45, 2.75) is 25.8 Å². The summed E-state index contributed by atoms with van der Waals surface area (Å²) in [5.41, 5.74) is 6.43. The molecule has 0 heterocycles. The Labute approximate surface area is 135 Å². The van der Waals surface area contributed by atoms with Gasteiger partial charge in [0.15, 0.2) is 0 Å². The van der Waals surface area contributed by atoms with Gasteiger partial charge in [-0.1, -0.05) is 24.6 Å². The number of ether oxygens (including phenoxy) is 1. The van der Waals surface area contributed by atoms with E-state index in [2.05, 4.69) is 0 Å². The molecule has 2 rings (SSSR count). The van der Waals surface area contributed by atoms with Gasteiger partial charge in [0.1, 0.15) is 17.3 Å². The van der Waals surface area contributed by atoms with Crippen molar-refractivity contribution in [2.24, 2.45) is 5.73 Å². The Balaban J connectivity index is 0.00000220. The molecular formula is C16H18Cl2FNO. The molecule has 5 heteroatoms. The van der Waals surface area contributed by atoms with Gasteiger partial charge in [0, 0.05) is 16.6 Å². The first-order valence-electron chi connectivity index (χ1n) is 6.56. The van der Waals surface area contributed by atoms with Gasteiger partial charge in [-0.25, -0.2) is 4.39 Å². The van der Waals surface area contributed by atoms with Crippen LogP contribution in [0.1, 0.15) is 18.9 Å². The number of halogens is 3. The van der Waals surface area contributed by atoms with Gasteiger partial charge < -0.3 is 10.5 Å². The van der Waals surface area contributed by atoms with Gasteiger partial charge in [0.05, 0.1) is 0 Å². The van der Waals surface area contributed by atoms with Crippen LogP contribution in [0.4, 0.5) is 4.39 Å². The number of hydrogen-bond acceptors (Lipinski definition) is 2. The first-order chi connectivity index (χ1) is 9.60. The Morgan fingerprint density at radius 2 is 1.86 bits per heavy atom. The van der Waals surface area contributed by atoms with E-state index in [0.717, 1.165) is 6.42 Å². The normalized spacial score (nSPS) is 11.6. The van der Waals surface area contributed by atoms with Crippen LogP contribution in [0.2, 0.25) is 5.02 Å². The Morgan fingerprint density at radius 1 is 1.19 bits per heavy atom. The van der Waals surface area contributed by atoms with Crippen LogP contribution in [0.25, 0.3) is 0 Å². The fourth-order valence-corrected chi connectivity index (χ4v) is 1.99. The summed E-state index contributed by atoms with van der Waals surface area (Å²) in [6.45, 7) is 1.98. The molecule has 2 aromatic carbocycles. The molecule has 2 N–H and O–H groups in total. The smallest absolute Gasteiger partial charge is 0.133 e. The highest BCUT2D eigenvalue weighted by Crippen LogP contribution is 2.29. The minimum Gasteiger partial charge on any atom is -0.457 e. The summed E-state index contributed by atoms with van der Waals surface area (Å²) >= 11 is 5.83. The van der Waals surface area contributed by atoms with Gasteiger partial charge in [0.25, 0.3) is 0 Å². The van der Waals surface area contributed by atoms with E-state index in [1.54, 1.807) is 36.4 Å². The SMILES string of the molecule is CCC(N)Cc1c(F)cccc1Oc1ccc(Cl)cc1.Cl. The van der Waals surface area contributed by atoms with Crippen molar-refractivity contribution in [2.75, 3.05) is 0 Å². The molecule has 1 atom stereocenters. The van der Waals surface area contributed by atoms with Crippen LogP contribution in [0.3, 0.4) is 0 Å². The molecule has 0 amide bonds. The molecule has 114 valence electrons. The third-order valence-corrected chi connectivity index (χ3v) is 3.36. The highest BCUT2D eigenvalue weighted by atomic mass is 35.5. The summed E-state index contributed by atoms with van der Waals surface area (Å²) in [5.74, 6) is 0.822. The standard InChI is InChI=1S/C16H17ClFNO.ClH/c1-2-12(19)10-14-15(18)4-3-5-16(14)20-13-8-6-11(17)7-9-13;/h3-9,12H,2,10,19H2,1H3;1H. The molecule has 2 aromatic rings. The van der Waals surface area contributed by atoms with E-state index in [-0.39, 0.29) is 24.3 Å². The first-order valence-corrected chi connectivity index (χ1v) is 6.94. The maximum atomic E-state index is 14.0. The van der Waals surface area contributed by atoms with Crippen LogP contribution < -0.4 is 10.5 Å². The van der Waals surface area contributed by atoms with E-state index in [0.29, 0.717) is 28.5 Å². The molecule has 0 saturated carbocycles. The number of benzene rings is 2. The van der Waals surface area contributed by atoms with E-state index in [1.807, 2.05) is 6.92 Å². The van der Waals surface area contributed by atoms with Crippen molar-refractivity contribution < 1.29 is 9.13 Å². The number of hydrogen-bond donors (Lipinski definition) is 1. The molecular weight excluding hydrogens is 312 g/mol. The van der Waals surface area contributed by atoms with Crippen molar-refractivity contribution in [1.82, 2.24) is 0 Å². The van der Waals surface area contributed by atoms with Crippen molar-refractivity contribution in [3.8, 4) is 11.5 Å². The summed E-state index contributed by atoms with van der Waals surface area (Å²) in [5, 5.41) is 0.629. The highest BCUT2D eigenvalue weighted by molar-refractivity contribution is 6.30. The Morgan fingerprint density at radius 3 is 2.48 bits per heavy atom. The fraction of sp³-hybridized carbons (Fsp3) is 0.250. The summed E-state index contributed by atoms with van der Waals surface area (Å²) < 4.78 is 19.7. The van der Waals surface area contributed by atoms with Crippen molar-refractivity contribution in [3.05, 3.63) is 58.9 Å². The van der Waals surface area contributed by atoms with E-state index in [4.69, 9.17) is 22.1 Å². The zero-order valence-electron chi connectivity index (χ0n) is 11.7. The second kappa shape index (κ2) is 8.23. The van der Waals surface area contributed by atoms with E-state index >= 15 is 0 Å². The zero-order valence-corrected chi connectivity index (χ0v) is 13.3. The van der Waals surface area contributed by atoms with Gasteiger partial charge in [-0.3, -0.25) is 0 Å². The largest absolute Gasteiger partial charge is 0.457 e. The summed E-state index contributed by atoms with van der Waals surface area (Å²) in [7, 11) is 0. The fourth-order valence-electron chi connectivity index (χ4n) is 1.87. The molecule has 0 aliphatic carbocycles. The molecule has 0 aromatic heterocycles. The molecule has 0 aliphatic rings. The predicted molar refractivity (Wildman–Crippen MR) is 87.1 cm³/mol. The van der Waals surface area contributed by atoms with Gasteiger partial charge in [-0.15, -0.1) is 12.4 Å². The van der Waals surface area contributed by atoms with Crippen molar-refractivity contribution in [3.63, 3.8) is 0 Å². The van der Waals surface area contributed by atoms with Gasteiger partial charge >= 0.3 is 0 Å². The lowest BCUT2D eigenvalue weighted by atomic mass is 10.0. The molecule has 2 nitrogen and oxygen atoms in total. The summed E-state index contributed by atoms with van der Waals surface area (Å²) in [6.07, 6.45) is 1.24. The molecule has 0 bridgehead atoms. The minimum atomic E-state index is -0.291. The molecule has 1 unspecified atom stereocenters. The number of rotatable bonds is 5. The van der Waals surface area contributed by atoms with E-state index in [1.165, 1.54) is 6.07 Å².